The molecule has 3 N–H and O–H groups in total. The van der Waals surface area contributed by atoms with E-state index in [1.54, 1.807) is 0 Å². The van der Waals surface area contributed by atoms with E-state index in [9.17, 15) is 5.11 Å². The summed E-state index contributed by atoms with van der Waals surface area (Å²) >= 11 is 1.88. The highest BCUT2D eigenvalue weighted by Crippen LogP contribution is 2.39. The summed E-state index contributed by atoms with van der Waals surface area (Å²) < 4.78 is 0. The van der Waals surface area contributed by atoms with Crippen LogP contribution in [0.2, 0.25) is 0 Å². The molecule has 0 saturated carbocycles. The summed E-state index contributed by atoms with van der Waals surface area (Å²) in [6.45, 7) is 2.44. The number of aliphatic hydroxyl groups is 1. The highest BCUT2D eigenvalue weighted by Gasteiger charge is 2.26. The zero-order valence-electron chi connectivity index (χ0n) is 8.94. The summed E-state index contributed by atoms with van der Waals surface area (Å²) in [5.41, 5.74) is 8.08. The molecule has 2 atom stereocenters. The van der Waals surface area contributed by atoms with Crippen molar-refractivity contribution in [3.8, 4) is 0 Å². The smallest absolute Gasteiger partial charge is 0.0731 e. The quantitative estimate of drug-likeness (QED) is 0.805. The van der Waals surface area contributed by atoms with Gasteiger partial charge in [-0.15, -0.1) is 11.8 Å². The molecule has 1 heterocycles. The number of hydrogen-bond donors (Lipinski definition) is 2. The minimum Gasteiger partial charge on any atom is -0.391 e. The number of thioether (sulfide) groups is 1. The van der Waals surface area contributed by atoms with Gasteiger partial charge in [0.2, 0.25) is 0 Å². The van der Waals surface area contributed by atoms with Crippen LogP contribution in [0.3, 0.4) is 0 Å². The van der Waals surface area contributed by atoms with Crippen LogP contribution in [-0.2, 0) is 0 Å². The fraction of sp³-hybridized carbons (Fsp3) is 0.500. The fourth-order valence-corrected chi connectivity index (χ4v) is 3.24. The lowest BCUT2D eigenvalue weighted by molar-refractivity contribution is 0.147. The third-order valence-electron chi connectivity index (χ3n) is 2.96. The van der Waals surface area contributed by atoms with Crippen LogP contribution in [0, 0.1) is 6.92 Å². The molecule has 1 aromatic rings. The van der Waals surface area contributed by atoms with Crippen LogP contribution in [0.1, 0.15) is 23.5 Å². The Balaban J connectivity index is 2.36. The van der Waals surface area contributed by atoms with Crippen molar-refractivity contribution < 1.29 is 5.11 Å². The first-order chi connectivity index (χ1) is 7.22. The van der Waals surface area contributed by atoms with E-state index in [2.05, 4.69) is 25.1 Å². The number of benzene rings is 1. The fourth-order valence-electron chi connectivity index (χ4n) is 2.10. The van der Waals surface area contributed by atoms with Crippen LogP contribution in [0.25, 0.3) is 0 Å². The van der Waals surface area contributed by atoms with Gasteiger partial charge in [0.05, 0.1) is 6.10 Å². The molecule has 0 aromatic heterocycles. The number of rotatable bonds is 2. The molecule has 0 bridgehead atoms. The Morgan fingerprint density at radius 2 is 2.40 bits per heavy atom. The second-order valence-corrected chi connectivity index (χ2v) is 5.22. The number of fused-ring (bicyclic) bond motifs is 1. The van der Waals surface area contributed by atoms with Gasteiger partial charge in [-0.3, -0.25) is 0 Å². The van der Waals surface area contributed by atoms with E-state index in [1.807, 2.05) is 11.8 Å². The summed E-state index contributed by atoms with van der Waals surface area (Å²) in [5.74, 6) is 1.31. The van der Waals surface area contributed by atoms with Gasteiger partial charge in [0.15, 0.2) is 0 Å². The van der Waals surface area contributed by atoms with Crippen molar-refractivity contribution >= 4 is 11.8 Å². The Kier molecular flexibility index (Phi) is 3.34. The van der Waals surface area contributed by atoms with E-state index in [0.29, 0.717) is 6.54 Å². The van der Waals surface area contributed by atoms with Crippen LogP contribution in [0.15, 0.2) is 23.1 Å². The van der Waals surface area contributed by atoms with Crippen LogP contribution >= 0.6 is 11.8 Å². The molecule has 2 unspecified atom stereocenters. The molecule has 1 aliphatic heterocycles. The van der Waals surface area contributed by atoms with Gasteiger partial charge in [0.25, 0.3) is 0 Å². The molecule has 2 nitrogen and oxygen atoms in total. The van der Waals surface area contributed by atoms with Crippen molar-refractivity contribution in [2.24, 2.45) is 5.73 Å². The van der Waals surface area contributed by atoms with Crippen LogP contribution in [0.5, 0.6) is 0 Å². The molecule has 0 fully saturated rings. The van der Waals surface area contributed by atoms with E-state index >= 15 is 0 Å². The highest BCUT2D eigenvalue weighted by atomic mass is 32.2. The summed E-state index contributed by atoms with van der Waals surface area (Å²) in [6, 6.07) is 6.47. The van der Waals surface area contributed by atoms with Gasteiger partial charge < -0.3 is 10.8 Å². The van der Waals surface area contributed by atoms with Crippen molar-refractivity contribution in [2.45, 2.75) is 30.3 Å². The monoisotopic (exact) mass is 223 g/mol. The number of hydrogen-bond acceptors (Lipinski definition) is 3. The normalized spacial score (nSPS) is 22.2. The standard InChI is InChI=1S/C12H17NOS/c1-8-2-3-12-10(6-8)9(4-5-15-12)11(14)7-13/h2-3,6,9,11,14H,4-5,7,13H2,1H3. The molecule has 0 radical (unpaired) electrons. The minimum absolute atomic E-state index is 0.228. The van der Waals surface area contributed by atoms with Crippen LogP contribution in [-0.4, -0.2) is 23.5 Å². The SMILES string of the molecule is Cc1ccc2c(c1)C(C(O)CN)CCS2. The summed E-state index contributed by atoms with van der Waals surface area (Å²) in [4.78, 5) is 1.31. The predicted octanol–water partition coefficient (Wildman–Crippen LogP) is 1.89. The first-order valence-corrected chi connectivity index (χ1v) is 6.32. The molecule has 82 valence electrons. The lowest BCUT2D eigenvalue weighted by Gasteiger charge is -2.28. The zero-order valence-corrected chi connectivity index (χ0v) is 9.76. The maximum atomic E-state index is 9.89. The number of aliphatic hydroxyl groups excluding tert-OH is 1. The van der Waals surface area contributed by atoms with Crippen molar-refractivity contribution in [1.29, 1.82) is 0 Å². The van der Waals surface area contributed by atoms with Gasteiger partial charge >= 0.3 is 0 Å². The lowest BCUT2D eigenvalue weighted by Crippen LogP contribution is -2.29. The van der Waals surface area contributed by atoms with E-state index in [1.165, 1.54) is 16.0 Å². The first-order valence-electron chi connectivity index (χ1n) is 5.34. The molecule has 1 aromatic carbocycles. The molecule has 0 amide bonds. The van der Waals surface area contributed by atoms with Gasteiger partial charge in [-0.25, -0.2) is 0 Å². The highest BCUT2D eigenvalue weighted by molar-refractivity contribution is 7.99. The van der Waals surface area contributed by atoms with E-state index in [0.717, 1.165) is 12.2 Å². The Labute approximate surface area is 94.9 Å². The Bertz CT molecular complexity index is 353. The number of nitrogens with two attached hydrogens (primary N) is 1. The zero-order chi connectivity index (χ0) is 10.8. The Morgan fingerprint density at radius 3 is 3.13 bits per heavy atom. The Hall–Kier alpha value is -0.510. The van der Waals surface area contributed by atoms with Gasteiger partial charge in [-0.2, -0.15) is 0 Å². The lowest BCUT2D eigenvalue weighted by atomic mass is 9.89. The molecule has 0 aliphatic carbocycles. The predicted molar refractivity (Wildman–Crippen MR) is 64.3 cm³/mol. The largest absolute Gasteiger partial charge is 0.391 e. The van der Waals surface area contributed by atoms with Gasteiger partial charge in [0, 0.05) is 17.4 Å². The maximum absolute atomic E-state index is 9.89. The van der Waals surface area contributed by atoms with E-state index in [4.69, 9.17) is 5.73 Å². The minimum atomic E-state index is -0.397. The molecule has 0 spiro atoms. The summed E-state index contributed by atoms with van der Waals surface area (Å²) in [6.07, 6.45) is 0.630. The van der Waals surface area contributed by atoms with Crippen LogP contribution in [0.4, 0.5) is 0 Å². The topological polar surface area (TPSA) is 46.2 Å². The molecular formula is C12H17NOS. The second kappa shape index (κ2) is 4.56. The summed E-state index contributed by atoms with van der Waals surface area (Å²) in [7, 11) is 0. The summed E-state index contributed by atoms with van der Waals surface area (Å²) in [5, 5.41) is 9.89. The molecule has 2 rings (SSSR count). The number of aryl methyl sites for hydroxylation is 1. The van der Waals surface area contributed by atoms with Crippen molar-refractivity contribution in [1.82, 2.24) is 0 Å². The van der Waals surface area contributed by atoms with Gasteiger partial charge in [0.1, 0.15) is 0 Å². The molecule has 1 aliphatic rings. The third-order valence-corrected chi connectivity index (χ3v) is 4.08. The van der Waals surface area contributed by atoms with Crippen molar-refractivity contribution in [3.63, 3.8) is 0 Å². The van der Waals surface area contributed by atoms with E-state index < -0.39 is 6.10 Å². The Morgan fingerprint density at radius 1 is 1.60 bits per heavy atom. The van der Waals surface area contributed by atoms with Gasteiger partial charge in [-0.1, -0.05) is 17.7 Å². The first kappa shape index (κ1) is 11.0. The van der Waals surface area contributed by atoms with Gasteiger partial charge in [-0.05, 0) is 30.7 Å². The maximum Gasteiger partial charge on any atom is 0.0731 e. The molecule has 3 heteroatoms. The second-order valence-electron chi connectivity index (χ2n) is 4.09. The molecule has 15 heavy (non-hydrogen) atoms. The molecule has 0 saturated heterocycles. The van der Waals surface area contributed by atoms with Crippen LogP contribution < -0.4 is 5.73 Å². The van der Waals surface area contributed by atoms with E-state index in [-0.39, 0.29) is 5.92 Å². The average molecular weight is 223 g/mol. The van der Waals surface area contributed by atoms with Crippen molar-refractivity contribution in [2.75, 3.05) is 12.3 Å². The third kappa shape index (κ3) is 2.19. The van der Waals surface area contributed by atoms with Crippen molar-refractivity contribution in [3.05, 3.63) is 29.3 Å². The molecular weight excluding hydrogens is 206 g/mol. The average Bonchev–Trinajstić information content (AvgIpc) is 2.27.